The maximum absolute atomic E-state index is 13.9. The van der Waals surface area contributed by atoms with Gasteiger partial charge in [0.25, 0.3) is 5.92 Å². The van der Waals surface area contributed by atoms with E-state index in [1.165, 1.54) is 17.0 Å². The van der Waals surface area contributed by atoms with Gasteiger partial charge in [-0.2, -0.15) is 13.2 Å². The number of likely N-dealkylation sites (tertiary alicyclic amines) is 1. The summed E-state index contributed by atoms with van der Waals surface area (Å²) in [7, 11) is 0. The maximum atomic E-state index is 13.9. The fourth-order valence-corrected chi connectivity index (χ4v) is 5.05. The fraction of sp³-hybridized carbons (Fsp3) is 0.667. The van der Waals surface area contributed by atoms with Gasteiger partial charge < -0.3 is 10.6 Å². The molecule has 1 amide bonds. The summed E-state index contributed by atoms with van der Waals surface area (Å²) in [5.74, 6) is -3.31. The fourth-order valence-electron chi connectivity index (χ4n) is 5.05. The van der Waals surface area contributed by atoms with Gasteiger partial charge in [0, 0.05) is 25.6 Å². The van der Waals surface area contributed by atoms with E-state index in [0.29, 0.717) is 19.5 Å². The molecule has 28 heavy (non-hydrogen) atoms. The van der Waals surface area contributed by atoms with E-state index >= 15 is 0 Å². The first-order valence-corrected chi connectivity index (χ1v) is 9.27. The lowest BCUT2D eigenvalue weighted by Gasteiger charge is -2.32. The first kappa shape index (κ1) is 19.4. The lowest BCUT2D eigenvalue weighted by atomic mass is 9.96. The lowest BCUT2D eigenvalue weighted by Crippen LogP contribution is -2.48. The van der Waals surface area contributed by atoms with Gasteiger partial charge in [-0.25, -0.2) is 13.8 Å². The van der Waals surface area contributed by atoms with Crippen molar-refractivity contribution in [3.8, 4) is 0 Å². The lowest BCUT2D eigenvalue weighted by molar-refractivity contribution is -0.141. The summed E-state index contributed by atoms with van der Waals surface area (Å²) < 4.78 is 66.7. The summed E-state index contributed by atoms with van der Waals surface area (Å²) in [4.78, 5) is 18.7. The third-order valence-corrected chi connectivity index (χ3v) is 6.23. The van der Waals surface area contributed by atoms with Crippen LogP contribution < -0.4 is 10.6 Å². The van der Waals surface area contributed by atoms with Gasteiger partial charge in [0.1, 0.15) is 11.5 Å². The molecule has 3 heterocycles. The van der Waals surface area contributed by atoms with Crippen LogP contribution in [0.2, 0.25) is 0 Å². The Kier molecular flexibility index (Phi) is 4.52. The Bertz CT molecular complexity index is 771. The van der Waals surface area contributed by atoms with Crippen molar-refractivity contribution in [1.29, 1.82) is 0 Å². The average Bonchev–Trinajstić information content (AvgIpc) is 3.25. The Labute approximate surface area is 158 Å². The molecule has 0 unspecified atom stereocenters. The number of amides is 1. The molecule has 1 aromatic heterocycles. The highest BCUT2D eigenvalue weighted by Crippen LogP contribution is 2.45. The maximum Gasteiger partial charge on any atom is 0.433 e. The zero-order valence-corrected chi connectivity index (χ0v) is 15.0. The molecule has 154 valence electrons. The van der Waals surface area contributed by atoms with Crippen molar-refractivity contribution in [3.63, 3.8) is 0 Å². The predicted molar refractivity (Wildman–Crippen MR) is 90.7 cm³/mol. The Hall–Kier alpha value is -1.97. The monoisotopic (exact) mass is 404 g/mol. The van der Waals surface area contributed by atoms with Crippen LogP contribution in [0, 0.1) is 11.8 Å². The van der Waals surface area contributed by atoms with Crippen LogP contribution in [0.15, 0.2) is 18.2 Å². The number of carbonyl (C=O) groups excluding carboxylic acids is 1. The van der Waals surface area contributed by atoms with E-state index in [1.54, 1.807) is 4.90 Å². The van der Waals surface area contributed by atoms with E-state index in [2.05, 4.69) is 4.98 Å². The zero-order valence-electron chi connectivity index (χ0n) is 15.0. The molecule has 2 N–H and O–H groups in total. The van der Waals surface area contributed by atoms with Crippen molar-refractivity contribution in [3.05, 3.63) is 23.9 Å². The van der Waals surface area contributed by atoms with Crippen LogP contribution in [0.1, 0.15) is 25.0 Å². The smallest absolute Gasteiger partial charge is 0.368 e. The molecule has 10 heteroatoms. The third-order valence-electron chi connectivity index (χ3n) is 6.23. The zero-order chi connectivity index (χ0) is 20.3. The first-order valence-electron chi connectivity index (χ1n) is 9.27. The predicted octanol–water partition coefficient (Wildman–Crippen LogP) is 2.51. The number of halogens is 5. The number of carbonyl (C=O) groups is 1. The van der Waals surface area contributed by atoms with Crippen molar-refractivity contribution in [2.45, 2.75) is 43.4 Å². The van der Waals surface area contributed by atoms with Crippen molar-refractivity contribution in [1.82, 2.24) is 9.88 Å². The van der Waals surface area contributed by atoms with Gasteiger partial charge in [-0.15, -0.1) is 0 Å². The molecule has 0 bridgehead atoms. The van der Waals surface area contributed by atoms with E-state index in [1.807, 2.05) is 0 Å². The number of nitrogens with two attached hydrogens (primary N) is 1. The molecular weight excluding hydrogens is 383 g/mol. The van der Waals surface area contributed by atoms with Crippen molar-refractivity contribution in [2.24, 2.45) is 17.6 Å². The molecule has 2 aliphatic heterocycles. The van der Waals surface area contributed by atoms with Crippen LogP contribution >= 0.6 is 0 Å². The Morgan fingerprint density at radius 2 is 1.96 bits per heavy atom. The number of hydrogen-bond donors (Lipinski definition) is 1. The molecule has 4 rings (SSSR count). The van der Waals surface area contributed by atoms with Gasteiger partial charge in [0.15, 0.2) is 0 Å². The highest BCUT2D eigenvalue weighted by atomic mass is 19.4. The van der Waals surface area contributed by atoms with Gasteiger partial charge in [0.2, 0.25) is 5.91 Å². The normalized spacial score (nSPS) is 32.7. The van der Waals surface area contributed by atoms with Gasteiger partial charge in [-0.3, -0.25) is 9.69 Å². The largest absolute Gasteiger partial charge is 0.433 e. The Morgan fingerprint density at radius 1 is 1.21 bits per heavy atom. The summed E-state index contributed by atoms with van der Waals surface area (Å²) >= 11 is 0. The number of anilines is 1. The minimum absolute atomic E-state index is 0.00732. The summed E-state index contributed by atoms with van der Waals surface area (Å²) in [6.07, 6.45) is -3.64. The highest BCUT2D eigenvalue weighted by molar-refractivity contribution is 5.80. The van der Waals surface area contributed by atoms with E-state index in [4.69, 9.17) is 5.73 Å². The Balaban J connectivity index is 1.53. The quantitative estimate of drug-likeness (QED) is 0.787. The number of fused-ring (bicyclic) bond motifs is 1. The minimum atomic E-state index is -4.52. The number of aromatic nitrogens is 1. The summed E-state index contributed by atoms with van der Waals surface area (Å²) in [5, 5.41) is 0. The van der Waals surface area contributed by atoms with Crippen LogP contribution in [0.3, 0.4) is 0 Å². The molecular formula is C18H21F5N4O. The summed E-state index contributed by atoms with van der Waals surface area (Å²) in [6, 6.07) is 2.54. The molecule has 3 fully saturated rings. The highest BCUT2D eigenvalue weighted by Gasteiger charge is 2.54. The number of nitrogens with zero attached hydrogens (tertiary/aromatic N) is 3. The molecule has 0 aromatic carbocycles. The summed E-state index contributed by atoms with van der Waals surface area (Å²) in [6.45, 7) is 0.453. The van der Waals surface area contributed by atoms with Crippen LogP contribution in [0.25, 0.3) is 0 Å². The van der Waals surface area contributed by atoms with E-state index in [0.717, 1.165) is 12.5 Å². The molecule has 5 nitrogen and oxygen atoms in total. The SMILES string of the molecule is NC(=O)[C@@H]1CC(F)(F)CN1[C@H]1CC[C@@H]2CN(c3cccc(C(F)(F)F)n3)C[C@@H]21. The molecule has 1 saturated carbocycles. The van der Waals surface area contributed by atoms with Crippen LogP contribution in [-0.2, 0) is 11.0 Å². The second kappa shape index (κ2) is 6.53. The standard InChI is InChI=1S/C18H21F5N4O/c19-17(20)6-13(16(24)28)27(9-17)12-5-4-10-7-26(8-11(10)12)15-3-1-2-14(25-15)18(21,22)23/h1-3,10-13H,4-9H2,(H2,24,28)/t10-,11+,12+,13+/m1/s1. The van der Waals surface area contributed by atoms with E-state index in [9.17, 15) is 26.7 Å². The molecule has 2 saturated heterocycles. The number of alkyl halides is 5. The Morgan fingerprint density at radius 3 is 2.64 bits per heavy atom. The van der Waals surface area contributed by atoms with E-state index in [-0.39, 0.29) is 23.7 Å². The van der Waals surface area contributed by atoms with Gasteiger partial charge in [-0.05, 0) is 36.8 Å². The molecule has 1 aliphatic carbocycles. The van der Waals surface area contributed by atoms with Crippen molar-refractivity contribution in [2.75, 3.05) is 24.5 Å². The number of pyridine rings is 1. The summed E-state index contributed by atoms with van der Waals surface area (Å²) in [5.41, 5.74) is 4.40. The minimum Gasteiger partial charge on any atom is -0.368 e. The van der Waals surface area contributed by atoms with Crippen LogP contribution in [0.5, 0.6) is 0 Å². The van der Waals surface area contributed by atoms with Crippen molar-refractivity contribution >= 4 is 11.7 Å². The molecule has 1 aromatic rings. The van der Waals surface area contributed by atoms with Gasteiger partial charge in [-0.1, -0.05) is 6.07 Å². The molecule has 3 aliphatic rings. The number of rotatable bonds is 3. The number of hydrogen-bond acceptors (Lipinski definition) is 4. The topological polar surface area (TPSA) is 62.5 Å². The van der Waals surface area contributed by atoms with Crippen LogP contribution in [0.4, 0.5) is 27.8 Å². The third kappa shape index (κ3) is 3.42. The molecule has 0 spiro atoms. The van der Waals surface area contributed by atoms with Gasteiger partial charge >= 0.3 is 6.18 Å². The van der Waals surface area contributed by atoms with Crippen LogP contribution in [-0.4, -0.2) is 53.4 Å². The second-order valence-electron chi connectivity index (χ2n) is 8.00. The van der Waals surface area contributed by atoms with Gasteiger partial charge in [0.05, 0.1) is 12.6 Å². The first-order chi connectivity index (χ1) is 13.0. The van der Waals surface area contributed by atoms with Crippen molar-refractivity contribution < 1.29 is 26.7 Å². The average molecular weight is 404 g/mol. The molecule has 4 atom stereocenters. The number of primary amides is 1. The second-order valence-corrected chi connectivity index (χ2v) is 8.00. The van der Waals surface area contributed by atoms with E-state index < -0.39 is 42.7 Å². The molecule has 0 radical (unpaired) electrons.